The van der Waals surface area contributed by atoms with Crippen molar-refractivity contribution in [2.24, 2.45) is 5.73 Å². The van der Waals surface area contributed by atoms with Crippen molar-refractivity contribution in [3.63, 3.8) is 0 Å². The molecule has 0 saturated carbocycles. The SMILES string of the molecule is Cc1ccc(C(=O)O)c(C(=O)Nc2c(C(N)=O)ccc(Cl)c2C)n1. The molecule has 24 heavy (non-hydrogen) atoms. The van der Waals surface area contributed by atoms with E-state index in [2.05, 4.69) is 10.3 Å². The normalized spacial score (nSPS) is 10.3. The fourth-order valence-electron chi connectivity index (χ4n) is 2.13. The zero-order valence-electron chi connectivity index (χ0n) is 12.9. The van der Waals surface area contributed by atoms with Gasteiger partial charge in [0.25, 0.3) is 11.8 Å². The lowest BCUT2D eigenvalue weighted by Gasteiger charge is -2.14. The van der Waals surface area contributed by atoms with Gasteiger partial charge in [-0.2, -0.15) is 0 Å². The predicted octanol–water partition coefficient (Wildman–Crippen LogP) is 2.40. The number of nitrogens with one attached hydrogen (secondary N) is 1. The molecule has 0 radical (unpaired) electrons. The van der Waals surface area contributed by atoms with Gasteiger partial charge in [0.05, 0.1) is 16.8 Å². The predicted molar refractivity (Wildman–Crippen MR) is 88.6 cm³/mol. The van der Waals surface area contributed by atoms with E-state index in [-0.39, 0.29) is 22.5 Å². The first kappa shape index (κ1) is 17.4. The number of anilines is 1. The van der Waals surface area contributed by atoms with Crippen LogP contribution in [0.1, 0.15) is 42.5 Å². The molecule has 2 amide bonds. The highest BCUT2D eigenvalue weighted by molar-refractivity contribution is 6.32. The van der Waals surface area contributed by atoms with E-state index in [1.807, 2.05) is 0 Å². The number of hydrogen-bond donors (Lipinski definition) is 3. The number of nitrogens with zero attached hydrogens (tertiary/aromatic N) is 1. The van der Waals surface area contributed by atoms with Gasteiger partial charge in [0.1, 0.15) is 5.69 Å². The largest absolute Gasteiger partial charge is 0.478 e. The lowest BCUT2D eigenvalue weighted by Crippen LogP contribution is -2.22. The maximum atomic E-state index is 12.5. The summed E-state index contributed by atoms with van der Waals surface area (Å²) in [5, 5.41) is 12.0. The average molecular weight is 348 g/mol. The van der Waals surface area contributed by atoms with E-state index in [0.29, 0.717) is 16.3 Å². The molecular weight excluding hydrogens is 334 g/mol. The molecule has 7 nitrogen and oxygen atoms in total. The molecule has 0 spiro atoms. The van der Waals surface area contributed by atoms with E-state index >= 15 is 0 Å². The van der Waals surface area contributed by atoms with Gasteiger partial charge in [-0.1, -0.05) is 11.6 Å². The number of aromatic nitrogens is 1. The Bertz CT molecular complexity index is 865. The van der Waals surface area contributed by atoms with Crippen molar-refractivity contribution in [2.75, 3.05) is 5.32 Å². The molecule has 0 bridgehead atoms. The fourth-order valence-corrected chi connectivity index (χ4v) is 2.29. The zero-order valence-corrected chi connectivity index (χ0v) is 13.6. The number of carbonyl (C=O) groups is 3. The van der Waals surface area contributed by atoms with Gasteiger partial charge >= 0.3 is 5.97 Å². The summed E-state index contributed by atoms with van der Waals surface area (Å²) in [4.78, 5) is 39.3. The van der Waals surface area contributed by atoms with Gasteiger partial charge in [0.2, 0.25) is 0 Å². The molecule has 1 aromatic heterocycles. The van der Waals surface area contributed by atoms with Crippen molar-refractivity contribution in [1.82, 2.24) is 4.98 Å². The first-order valence-electron chi connectivity index (χ1n) is 6.83. The van der Waals surface area contributed by atoms with Crippen molar-refractivity contribution in [1.29, 1.82) is 0 Å². The molecule has 2 aromatic rings. The van der Waals surface area contributed by atoms with Crippen molar-refractivity contribution < 1.29 is 19.5 Å². The summed E-state index contributed by atoms with van der Waals surface area (Å²) in [6.07, 6.45) is 0. The molecule has 124 valence electrons. The third kappa shape index (κ3) is 3.36. The molecule has 2 rings (SSSR count). The third-order valence-corrected chi connectivity index (χ3v) is 3.79. The Morgan fingerprint density at radius 1 is 1.12 bits per heavy atom. The minimum absolute atomic E-state index is 0.0646. The summed E-state index contributed by atoms with van der Waals surface area (Å²) >= 11 is 6.01. The lowest BCUT2D eigenvalue weighted by atomic mass is 10.1. The molecule has 0 atom stereocenters. The van der Waals surface area contributed by atoms with Crippen LogP contribution in [-0.4, -0.2) is 27.9 Å². The number of hydrogen-bond acceptors (Lipinski definition) is 4. The van der Waals surface area contributed by atoms with E-state index in [4.69, 9.17) is 17.3 Å². The minimum atomic E-state index is -1.29. The van der Waals surface area contributed by atoms with Crippen molar-refractivity contribution >= 4 is 35.1 Å². The highest BCUT2D eigenvalue weighted by atomic mass is 35.5. The summed E-state index contributed by atoms with van der Waals surface area (Å²) in [6, 6.07) is 5.65. The Hall–Kier alpha value is -2.93. The second kappa shape index (κ2) is 6.67. The van der Waals surface area contributed by atoms with Gasteiger partial charge < -0.3 is 16.2 Å². The number of nitrogens with two attached hydrogens (primary N) is 1. The highest BCUT2D eigenvalue weighted by Gasteiger charge is 2.22. The summed E-state index contributed by atoms with van der Waals surface area (Å²) in [6.45, 7) is 3.23. The summed E-state index contributed by atoms with van der Waals surface area (Å²) < 4.78 is 0. The second-order valence-electron chi connectivity index (χ2n) is 5.07. The Morgan fingerprint density at radius 3 is 2.33 bits per heavy atom. The first-order chi connectivity index (χ1) is 11.2. The van der Waals surface area contributed by atoms with Crippen molar-refractivity contribution in [3.05, 3.63) is 57.4 Å². The maximum absolute atomic E-state index is 12.5. The molecule has 0 unspecified atom stereocenters. The quantitative estimate of drug-likeness (QED) is 0.783. The summed E-state index contributed by atoms with van der Waals surface area (Å²) in [5.74, 6) is -2.81. The number of rotatable bonds is 4. The van der Waals surface area contributed by atoms with Crippen LogP contribution in [0.15, 0.2) is 24.3 Å². The van der Waals surface area contributed by atoms with Gasteiger partial charge in [-0.15, -0.1) is 0 Å². The highest BCUT2D eigenvalue weighted by Crippen LogP contribution is 2.28. The average Bonchev–Trinajstić information content (AvgIpc) is 2.51. The van der Waals surface area contributed by atoms with Crippen LogP contribution in [-0.2, 0) is 0 Å². The monoisotopic (exact) mass is 347 g/mol. The summed E-state index contributed by atoms with van der Waals surface area (Å²) in [5.41, 5.74) is 5.89. The number of carboxylic acid groups (broad SMARTS) is 1. The lowest BCUT2D eigenvalue weighted by molar-refractivity contribution is 0.0691. The smallest absolute Gasteiger partial charge is 0.338 e. The fraction of sp³-hybridized carbons (Fsp3) is 0.125. The first-order valence-corrected chi connectivity index (χ1v) is 7.21. The Kier molecular flexibility index (Phi) is 4.85. The molecule has 0 saturated heterocycles. The number of halogens is 1. The molecule has 0 aliphatic rings. The van der Waals surface area contributed by atoms with Gasteiger partial charge in [-0.25, -0.2) is 9.78 Å². The Labute approximate surface area is 142 Å². The molecule has 0 fully saturated rings. The number of aromatic carboxylic acids is 1. The van der Waals surface area contributed by atoms with Crippen LogP contribution in [0.3, 0.4) is 0 Å². The van der Waals surface area contributed by atoms with E-state index in [1.165, 1.54) is 24.3 Å². The van der Waals surface area contributed by atoms with Crippen LogP contribution in [0.2, 0.25) is 5.02 Å². The van der Waals surface area contributed by atoms with Crippen LogP contribution >= 0.6 is 11.6 Å². The van der Waals surface area contributed by atoms with E-state index in [0.717, 1.165) is 0 Å². The van der Waals surface area contributed by atoms with Crippen molar-refractivity contribution in [3.8, 4) is 0 Å². The van der Waals surface area contributed by atoms with E-state index in [9.17, 15) is 19.5 Å². The zero-order chi connectivity index (χ0) is 18.0. The van der Waals surface area contributed by atoms with E-state index < -0.39 is 17.8 Å². The van der Waals surface area contributed by atoms with Gasteiger partial charge in [0, 0.05) is 10.7 Å². The maximum Gasteiger partial charge on any atom is 0.338 e. The molecular formula is C16H14ClN3O4. The number of aryl methyl sites for hydroxylation is 1. The number of carbonyl (C=O) groups excluding carboxylic acids is 2. The number of carboxylic acids is 1. The molecule has 1 aromatic carbocycles. The van der Waals surface area contributed by atoms with Crippen LogP contribution in [0.5, 0.6) is 0 Å². The van der Waals surface area contributed by atoms with Gasteiger partial charge in [-0.3, -0.25) is 9.59 Å². The molecule has 0 aliphatic heterocycles. The number of benzene rings is 1. The van der Waals surface area contributed by atoms with Crippen molar-refractivity contribution in [2.45, 2.75) is 13.8 Å². The summed E-state index contributed by atoms with van der Waals surface area (Å²) in [7, 11) is 0. The second-order valence-corrected chi connectivity index (χ2v) is 5.47. The van der Waals surface area contributed by atoms with Crippen LogP contribution < -0.4 is 11.1 Å². The molecule has 4 N–H and O–H groups in total. The molecule has 8 heteroatoms. The number of primary amides is 1. The van der Waals surface area contributed by atoms with Crippen LogP contribution in [0.4, 0.5) is 5.69 Å². The molecule has 1 heterocycles. The Morgan fingerprint density at radius 2 is 1.75 bits per heavy atom. The van der Waals surface area contributed by atoms with Crippen LogP contribution in [0.25, 0.3) is 0 Å². The number of pyridine rings is 1. The van der Waals surface area contributed by atoms with Gasteiger partial charge in [0.15, 0.2) is 0 Å². The van der Waals surface area contributed by atoms with E-state index in [1.54, 1.807) is 13.8 Å². The third-order valence-electron chi connectivity index (χ3n) is 3.38. The standard InChI is InChI=1S/C16H14ClN3O4/c1-7-3-4-10(16(23)24)13(19-7)15(22)20-12-8(2)11(17)6-5-9(12)14(18)21/h3-6H,1-2H3,(H2,18,21)(H,20,22)(H,23,24). The Balaban J connectivity index is 2.52. The topological polar surface area (TPSA) is 122 Å². The molecule has 0 aliphatic carbocycles. The number of amides is 2. The van der Waals surface area contributed by atoms with Crippen LogP contribution in [0, 0.1) is 13.8 Å². The minimum Gasteiger partial charge on any atom is -0.478 e. The van der Waals surface area contributed by atoms with Gasteiger partial charge in [-0.05, 0) is 43.7 Å².